The van der Waals surface area contributed by atoms with Gasteiger partial charge in [0.25, 0.3) is 10.0 Å². The lowest BCUT2D eigenvalue weighted by atomic mass is 10.1. The van der Waals surface area contributed by atoms with Crippen molar-refractivity contribution in [2.24, 2.45) is 0 Å². The minimum absolute atomic E-state index is 0.104. The first-order valence-corrected chi connectivity index (χ1v) is 10.3. The van der Waals surface area contributed by atoms with Crippen LogP contribution in [0.3, 0.4) is 0 Å². The van der Waals surface area contributed by atoms with E-state index in [1.807, 2.05) is 0 Å². The number of hydrogen-bond acceptors (Lipinski definition) is 4. The van der Waals surface area contributed by atoms with Gasteiger partial charge in [-0.2, -0.15) is 0 Å². The number of halogens is 2. The summed E-state index contributed by atoms with van der Waals surface area (Å²) in [5.74, 6) is -0.615. The number of sulfonamides is 1. The Balaban J connectivity index is 2.18. The molecule has 132 valence electrons. The Morgan fingerprint density at radius 1 is 1.24 bits per heavy atom. The molecule has 1 aliphatic heterocycles. The maximum atomic E-state index is 13.2. The Morgan fingerprint density at radius 2 is 1.92 bits per heavy atom. The number of carbonyl (C=O) groups excluding carboxylic acids is 1. The van der Waals surface area contributed by atoms with Gasteiger partial charge in [0.2, 0.25) is 0 Å². The Morgan fingerprint density at radius 3 is 2.56 bits per heavy atom. The van der Waals surface area contributed by atoms with E-state index >= 15 is 0 Å². The molecule has 0 amide bonds. The van der Waals surface area contributed by atoms with Crippen molar-refractivity contribution in [2.45, 2.75) is 22.7 Å². The van der Waals surface area contributed by atoms with Gasteiger partial charge in [-0.25, -0.2) is 13.2 Å². The van der Waals surface area contributed by atoms with Gasteiger partial charge in [0.1, 0.15) is 0 Å². The van der Waals surface area contributed by atoms with Crippen LogP contribution in [0.5, 0.6) is 0 Å². The van der Waals surface area contributed by atoms with Crippen molar-refractivity contribution < 1.29 is 17.9 Å². The van der Waals surface area contributed by atoms with Crippen LogP contribution < -0.4 is 4.31 Å². The lowest BCUT2D eigenvalue weighted by Crippen LogP contribution is -2.44. The van der Waals surface area contributed by atoms with Crippen LogP contribution in [0, 0.1) is 0 Å². The smallest absolute Gasteiger partial charge is 0.331 e. The number of carbonyl (C=O) groups is 1. The van der Waals surface area contributed by atoms with Gasteiger partial charge in [-0.1, -0.05) is 45.7 Å². The van der Waals surface area contributed by atoms with Gasteiger partial charge in [-0.05, 0) is 42.8 Å². The molecule has 0 aromatic heterocycles. The summed E-state index contributed by atoms with van der Waals surface area (Å²) < 4.78 is 32.6. The summed E-state index contributed by atoms with van der Waals surface area (Å²) in [5.41, 5.74) is 1.04. The fourth-order valence-electron chi connectivity index (χ4n) is 2.81. The van der Waals surface area contributed by atoms with E-state index in [1.54, 1.807) is 43.3 Å². The number of anilines is 1. The van der Waals surface area contributed by atoms with Crippen LogP contribution in [0.4, 0.5) is 5.69 Å². The zero-order valence-electron chi connectivity index (χ0n) is 13.2. The predicted octanol–water partition coefficient (Wildman–Crippen LogP) is 3.92. The summed E-state index contributed by atoms with van der Waals surface area (Å²) in [6, 6.07) is 11.8. The molecule has 5 nitrogen and oxygen atoms in total. The summed E-state index contributed by atoms with van der Waals surface area (Å²) in [4.78, 5) is 12.1. The fraction of sp³-hybridized carbons (Fsp3) is 0.235. The van der Waals surface area contributed by atoms with Crippen molar-refractivity contribution in [1.82, 2.24) is 0 Å². The first kappa shape index (κ1) is 18.2. The molecule has 0 bridgehead atoms. The molecule has 8 heteroatoms. The lowest BCUT2D eigenvalue weighted by molar-refractivity contribution is -0.144. The van der Waals surface area contributed by atoms with E-state index in [-0.39, 0.29) is 11.5 Å². The van der Waals surface area contributed by atoms with Crippen LogP contribution in [0.1, 0.15) is 17.3 Å². The van der Waals surface area contributed by atoms with Crippen LogP contribution in [0.2, 0.25) is 5.02 Å². The third-order valence-electron chi connectivity index (χ3n) is 3.88. The number of esters is 1. The predicted molar refractivity (Wildman–Crippen MR) is 99.6 cm³/mol. The highest BCUT2D eigenvalue weighted by molar-refractivity contribution is 9.09. The summed E-state index contributed by atoms with van der Waals surface area (Å²) in [5, 5.41) is 0.463. The average Bonchev–Trinajstić information content (AvgIpc) is 2.89. The summed E-state index contributed by atoms with van der Waals surface area (Å²) in [6.07, 6.45) is 0. The summed E-state index contributed by atoms with van der Waals surface area (Å²) in [7, 11) is -3.95. The Hall–Kier alpha value is -1.57. The molecule has 3 rings (SSSR count). The second kappa shape index (κ2) is 6.97. The maximum Gasteiger partial charge on any atom is 0.331 e. The zero-order chi connectivity index (χ0) is 18.2. The van der Waals surface area contributed by atoms with Gasteiger partial charge in [-0.15, -0.1) is 0 Å². The van der Waals surface area contributed by atoms with E-state index in [9.17, 15) is 13.2 Å². The van der Waals surface area contributed by atoms with E-state index in [0.29, 0.717) is 16.3 Å². The van der Waals surface area contributed by atoms with E-state index in [2.05, 4.69) is 15.9 Å². The molecular formula is C17H15BrClNO4S. The Labute approximate surface area is 159 Å². The number of rotatable bonds is 4. The minimum atomic E-state index is -3.95. The number of fused-ring (bicyclic) bond motifs is 1. The second-order valence-corrected chi connectivity index (χ2v) is 8.65. The third kappa shape index (κ3) is 3.16. The van der Waals surface area contributed by atoms with E-state index in [0.717, 1.165) is 4.31 Å². The quantitative estimate of drug-likeness (QED) is 0.530. The monoisotopic (exact) mass is 443 g/mol. The SMILES string of the molecule is CCOC(=O)C1C(Br)c2cc(Cl)ccc2N1S(=O)(=O)c1ccccc1. The average molecular weight is 445 g/mol. The molecule has 2 aromatic carbocycles. The zero-order valence-corrected chi connectivity index (χ0v) is 16.4. The van der Waals surface area contributed by atoms with Crippen LogP contribution in [-0.4, -0.2) is 27.0 Å². The summed E-state index contributed by atoms with van der Waals surface area (Å²) >= 11 is 9.50. The minimum Gasteiger partial charge on any atom is -0.464 e. The fourth-order valence-corrected chi connectivity index (χ4v) is 5.63. The highest BCUT2D eigenvalue weighted by Crippen LogP contribution is 2.48. The second-order valence-electron chi connectivity index (χ2n) is 5.42. The largest absolute Gasteiger partial charge is 0.464 e. The van der Waals surface area contributed by atoms with Gasteiger partial charge < -0.3 is 4.74 Å². The van der Waals surface area contributed by atoms with E-state index in [4.69, 9.17) is 16.3 Å². The molecule has 0 spiro atoms. The molecule has 2 atom stereocenters. The number of ether oxygens (including phenoxy) is 1. The highest BCUT2D eigenvalue weighted by atomic mass is 79.9. The van der Waals surface area contributed by atoms with Crippen molar-refractivity contribution >= 4 is 49.2 Å². The van der Waals surface area contributed by atoms with Crippen molar-refractivity contribution in [2.75, 3.05) is 10.9 Å². The molecule has 2 unspecified atom stereocenters. The number of hydrogen-bond donors (Lipinski definition) is 0. The van der Waals surface area contributed by atoms with Gasteiger partial charge >= 0.3 is 5.97 Å². The molecule has 0 saturated heterocycles. The van der Waals surface area contributed by atoms with Gasteiger partial charge in [0, 0.05) is 5.02 Å². The topological polar surface area (TPSA) is 63.7 Å². The van der Waals surface area contributed by atoms with Crippen molar-refractivity contribution in [3.8, 4) is 0 Å². The van der Waals surface area contributed by atoms with Crippen LogP contribution >= 0.6 is 27.5 Å². The van der Waals surface area contributed by atoms with Crippen molar-refractivity contribution in [3.63, 3.8) is 0 Å². The molecule has 1 heterocycles. The molecule has 0 radical (unpaired) electrons. The number of benzene rings is 2. The van der Waals surface area contributed by atoms with Crippen LogP contribution in [0.15, 0.2) is 53.4 Å². The Bertz CT molecular complexity index is 904. The van der Waals surface area contributed by atoms with E-state index < -0.39 is 26.9 Å². The molecule has 0 aliphatic carbocycles. The van der Waals surface area contributed by atoms with Gasteiger partial charge in [0.05, 0.1) is 22.0 Å². The first-order valence-electron chi connectivity index (χ1n) is 7.57. The maximum absolute atomic E-state index is 13.2. The molecule has 2 aromatic rings. The summed E-state index contributed by atoms with van der Waals surface area (Å²) in [6.45, 7) is 1.83. The molecular weight excluding hydrogens is 430 g/mol. The number of alkyl halides is 1. The van der Waals surface area contributed by atoms with Crippen LogP contribution in [-0.2, 0) is 19.6 Å². The Kier molecular flexibility index (Phi) is 5.09. The van der Waals surface area contributed by atoms with Crippen molar-refractivity contribution in [3.05, 3.63) is 59.1 Å². The highest BCUT2D eigenvalue weighted by Gasteiger charge is 2.48. The third-order valence-corrected chi connectivity index (χ3v) is 6.92. The molecule has 25 heavy (non-hydrogen) atoms. The first-order chi connectivity index (χ1) is 11.9. The molecule has 0 N–H and O–H groups in total. The van der Waals surface area contributed by atoms with Crippen molar-refractivity contribution in [1.29, 1.82) is 0 Å². The van der Waals surface area contributed by atoms with Gasteiger partial charge in [0.15, 0.2) is 6.04 Å². The van der Waals surface area contributed by atoms with Gasteiger partial charge in [-0.3, -0.25) is 4.31 Å². The lowest BCUT2D eigenvalue weighted by Gasteiger charge is -2.26. The number of nitrogens with zero attached hydrogens (tertiary/aromatic N) is 1. The molecule has 0 saturated carbocycles. The van der Waals surface area contributed by atoms with E-state index in [1.165, 1.54) is 12.1 Å². The van der Waals surface area contributed by atoms with Crippen LogP contribution in [0.25, 0.3) is 0 Å². The molecule has 0 fully saturated rings. The molecule has 1 aliphatic rings. The normalized spacial score (nSPS) is 19.6. The standard InChI is InChI=1S/C17H15BrClNO4S/c1-2-24-17(21)16-15(18)13-10-11(19)8-9-14(13)20(16)25(22,23)12-6-4-3-5-7-12/h3-10,15-16H,2H2,1H3.